The minimum Gasteiger partial charge on any atom is -0.460 e. The molecule has 1 amide bonds. The number of hydrogen-bond donors (Lipinski definition) is 3. The summed E-state index contributed by atoms with van der Waals surface area (Å²) in [6.45, 7) is 14.1. The lowest BCUT2D eigenvalue weighted by molar-refractivity contribution is -0.266. The summed E-state index contributed by atoms with van der Waals surface area (Å²) in [5, 5.41) is 34.1. The van der Waals surface area contributed by atoms with Crippen molar-refractivity contribution < 1.29 is 72.5 Å². The molecule has 0 unspecified atom stereocenters. The number of carbonyl (C=O) groups excluding carboxylic acids is 5. The van der Waals surface area contributed by atoms with Crippen LogP contribution in [0.3, 0.4) is 0 Å². The van der Waals surface area contributed by atoms with Crippen molar-refractivity contribution in [3.05, 3.63) is 47.6 Å². The molecule has 402 valence electrons. The molecule has 1 aliphatic carbocycles. The summed E-state index contributed by atoms with van der Waals surface area (Å²) in [6, 6.07) is -1.16. The van der Waals surface area contributed by atoms with Crippen LogP contribution in [0.25, 0.3) is 0 Å². The maximum Gasteiger partial charge on any atom is 0.329 e. The highest BCUT2D eigenvalue weighted by Crippen LogP contribution is 2.38. The van der Waals surface area contributed by atoms with Gasteiger partial charge < -0.3 is 53.4 Å². The van der Waals surface area contributed by atoms with Crippen LogP contribution in [-0.2, 0) is 57.1 Å². The molecular formula is C55H87NO15. The quantitative estimate of drug-likeness (QED) is 0.0858. The number of carbonyl (C=O) groups is 5. The van der Waals surface area contributed by atoms with Gasteiger partial charge in [0.2, 0.25) is 5.79 Å². The van der Waals surface area contributed by atoms with Crippen molar-refractivity contribution in [2.75, 3.05) is 54.3 Å². The first-order valence-corrected chi connectivity index (χ1v) is 26.1. The predicted molar refractivity (Wildman–Crippen MR) is 267 cm³/mol. The van der Waals surface area contributed by atoms with Crippen molar-refractivity contribution in [2.24, 2.45) is 35.5 Å². The minimum absolute atomic E-state index is 0.00618. The number of ether oxygens (including phenoxy) is 7. The zero-order valence-corrected chi connectivity index (χ0v) is 44.3. The van der Waals surface area contributed by atoms with E-state index < -0.39 is 83.9 Å². The molecule has 0 radical (unpaired) electrons. The number of aliphatic hydroxyl groups is 3. The van der Waals surface area contributed by atoms with Gasteiger partial charge in [-0.1, -0.05) is 71.1 Å². The number of Topliss-reactive ketones (excluding diaryl/α,β-unsaturated/α-hetero) is 3. The molecule has 71 heavy (non-hydrogen) atoms. The maximum atomic E-state index is 14.5. The smallest absolute Gasteiger partial charge is 0.329 e. The van der Waals surface area contributed by atoms with E-state index in [2.05, 4.69) is 0 Å². The number of rotatable bonds is 12. The molecule has 2 saturated heterocycles. The predicted octanol–water partition coefficient (Wildman–Crippen LogP) is 6.21. The lowest BCUT2D eigenvalue weighted by Gasteiger charge is -2.43. The summed E-state index contributed by atoms with van der Waals surface area (Å²) in [5.41, 5.74) is 1.23. The van der Waals surface area contributed by atoms with Crippen LogP contribution in [0, 0.1) is 35.5 Å². The van der Waals surface area contributed by atoms with Crippen molar-refractivity contribution in [1.82, 2.24) is 4.90 Å². The molecule has 0 aromatic heterocycles. The van der Waals surface area contributed by atoms with E-state index in [-0.39, 0.29) is 67.8 Å². The number of esters is 1. The Kier molecular flexibility index (Phi) is 24.9. The van der Waals surface area contributed by atoms with Gasteiger partial charge >= 0.3 is 5.97 Å². The van der Waals surface area contributed by atoms with Gasteiger partial charge in [-0.05, 0) is 107 Å². The molecule has 1 saturated carbocycles. The van der Waals surface area contributed by atoms with E-state index in [1.807, 2.05) is 58.1 Å². The van der Waals surface area contributed by atoms with Gasteiger partial charge in [-0.3, -0.25) is 19.2 Å². The number of nitrogens with zero attached hydrogens (tertiary/aromatic N) is 1. The summed E-state index contributed by atoms with van der Waals surface area (Å²) in [6.07, 6.45) is 10.7. The fraction of sp³-hybridized carbons (Fsp3) is 0.764. The highest BCUT2D eigenvalue weighted by molar-refractivity contribution is 6.39. The second-order valence-corrected chi connectivity index (χ2v) is 20.8. The third kappa shape index (κ3) is 17.3. The summed E-state index contributed by atoms with van der Waals surface area (Å²) in [5.74, 6) is -8.18. The zero-order valence-electron chi connectivity index (χ0n) is 44.3. The number of cyclic esters (lactones) is 1. The van der Waals surface area contributed by atoms with Gasteiger partial charge in [0, 0.05) is 58.5 Å². The average molecular weight is 1000 g/mol. The topological polar surface area (TPSA) is 214 Å². The normalized spacial score (nSPS) is 38.0. The molecule has 3 N–H and O–H groups in total. The summed E-state index contributed by atoms with van der Waals surface area (Å²) in [4.78, 5) is 72.4. The number of amides is 1. The van der Waals surface area contributed by atoms with E-state index in [0.29, 0.717) is 83.2 Å². The number of hydrogen-bond acceptors (Lipinski definition) is 15. The number of allylic oxidation sites excluding steroid dienone is 6. The van der Waals surface area contributed by atoms with Crippen LogP contribution in [0.5, 0.6) is 0 Å². The molecule has 0 spiro atoms. The molecule has 15 atom stereocenters. The van der Waals surface area contributed by atoms with Crippen molar-refractivity contribution >= 4 is 29.2 Å². The maximum absolute atomic E-state index is 14.5. The zero-order chi connectivity index (χ0) is 52.4. The third-order valence-corrected chi connectivity index (χ3v) is 15.2. The molecule has 4 aliphatic rings. The average Bonchev–Trinajstić information content (AvgIpc) is 3.34. The van der Waals surface area contributed by atoms with E-state index in [0.717, 1.165) is 5.57 Å². The van der Waals surface area contributed by atoms with Gasteiger partial charge in [0.25, 0.3) is 11.7 Å². The molecule has 2 bridgehead atoms. The Balaban J connectivity index is 1.71. The summed E-state index contributed by atoms with van der Waals surface area (Å²) >= 11 is 0. The fourth-order valence-corrected chi connectivity index (χ4v) is 10.5. The van der Waals surface area contributed by atoms with E-state index in [1.165, 1.54) is 12.0 Å². The van der Waals surface area contributed by atoms with Gasteiger partial charge in [0.15, 0.2) is 5.78 Å². The van der Waals surface area contributed by atoms with Crippen LogP contribution in [0.15, 0.2) is 47.6 Å². The van der Waals surface area contributed by atoms with E-state index in [9.17, 15) is 39.3 Å². The minimum atomic E-state index is -2.47. The Morgan fingerprint density at radius 3 is 2.27 bits per heavy atom. The van der Waals surface area contributed by atoms with Gasteiger partial charge in [-0.2, -0.15) is 0 Å². The lowest BCUT2D eigenvalue weighted by Crippen LogP contribution is -2.61. The Hall–Kier alpha value is -3.45. The molecule has 16 heteroatoms. The highest BCUT2D eigenvalue weighted by Gasteiger charge is 2.53. The monoisotopic (exact) mass is 1000 g/mol. The SMILES string of the molecule is COCCOCCO[C@@H]1C[C@@H]2CC[C@@H](C)[C@@](O)(O2)C(=O)C(=O)N2CCCC[C@H]2C(=O)O[C@H]([C@H](C)C[C@@H]2CC[C@@H](O)[C@H](OC)C2)CC(=O)[C@H](C)/C=C(\C)[C@@H](O)[C@@H](OC)C(=O)[C@H](C)C[C@H](C)/C=C/C=C/C=C/1C. The number of methoxy groups -OCH3 is 3. The van der Waals surface area contributed by atoms with Crippen LogP contribution in [0.4, 0.5) is 0 Å². The molecule has 4 rings (SSSR count). The number of aliphatic hydroxyl groups excluding tert-OH is 2. The summed E-state index contributed by atoms with van der Waals surface area (Å²) in [7, 11) is 4.54. The van der Waals surface area contributed by atoms with Crippen LogP contribution in [0.2, 0.25) is 0 Å². The second kappa shape index (κ2) is 29.4. The Labute approximate surface area is 422 Å². The van der Waals surface area contributed by atoms with Crippen molar-refractivity contribution in [3.63, 3.8) is 0 Å². The first-order valence-electron chi connectivity index (χ1n) is 26.1. The molecule has 0 aromatic carbocycles. The number of fused-ring (bicyclic) bond motifs is 3. The van der Waals surface area contributed by atoms with Gasteiger partial charge in [0.1, 0.15) is 30.1 Å². The first kappa shape index (κ1) is 60.1. The van der Waals surface area contributed by atoms with Crippen LogP contribution >= 0.6 is 0 Å². The Morgan fingerprint density at radius 1 is 0.831 bits per heavy atom. The number of piperidine rings is 1. The third-order valence-electron chi connectivity index (χ3n) is 15.2. The van der Waals surface area contributed by atoms with Crippen molar-refractivity contribution in [1.29, 1.82) is 0 Å². The second-order valence-electron chi connectivity index (χ2n) is 20.8. The van der Waals surface area contributed by atoms with Gasteiger partial charge in [-0.25, -0.2) is 4.79 Å². The number of ketones is 3. The lowest BCUT2D eigenvalue weighted by atomic mass is 9.78. The van der Waals surface area contributed by atoms with Gasteiger partial charge in [-0.15, -0.1) is 0 Å². The molecule has 0 aromatic rings. The van der Waals surface area contributed by atoms with Crippen LogP contribution in [0.1, 0.15) is 126 Å². The first-order chi connectivity index (χ1) is 33.7. The largest absolute Gasteiger partial charge is 0.460 e. The molecule has 3 aliphatic heterocycles. The van der Waals surface area contributed by atoms with Crippen molar-refractivity contribution in [3.8, 4) is 0 Å². The molecular weight excluding hydrogens is 915 g/mol. The molecule has 3 fully saturated rings. The Morgan fingerprint density at radius 2 is 1.56 bits per heavy atom. The standard InChI is InChI=1S/C55H87NO15/c1-34-16-12-11-13-17-35(2)46(69-27-26-68-25-24-65-8)32-42-21-19-40(7)55(64,71-42)52(61)53(62)56-23-15-14-18-43(56)54(63)70-47(37(4)30-41-20-22-44(57)48(31-41)66-9)33-45(58)36(3)29-39(6)50(60)51(67-10)49(59)38(5)28-34/h11-13,16-17,29,34,36-38,40-44,46-48,50-51,57,60,64H,14-15,18-28,30-33H2,1-10H3/b13-11+,16-12+,35-17+,39-29+/t34-,36-,37-,38-,40-,41+,42+,43+,44-,46-,47+,48-,50-,51+,55-/m1/s1. The van der Waals surface area contributed by atoms with Crippen LogP contribution < -0.4 is 0 Å². The molecule has 16 nitrogen and oxygen atoms in total. The van der Waals surface area contributed by atoms with E-state index in [1.54, 1.807) is 41.1 Å². The highest BCUT2D eigenvalue weighted by atomic mass is 16.6. The van der Waals surface area contributed by atoms with E-state index >= 15 is 0 Å². The summed E-state index contributed by atoms with van der Waals surface area (Å²) < 4.78 is 40.8. The van der Waals surface area contributed by atoms with Crippen molar-refractivity contribution in [2.45, 2.75) is 180 Å². The van der Waals surface area contributed by atoms with Crippen LogP contribution in [-0.4, -0.2) is 158 Å². The fourth-order valence-electron chi connectivity index (χ4n) is 10.5. The van der Waals surface area contributed by atoms with E-state index in [4.69, 9.17) is 33.2 Å². The Bertz CT molecular complexity index is 1860. The van der Waals surface area contributed by atoms with Gasteiger partial charge in [0.05, 0.1) is 50.8 Å². The molecule has 3 heterocycles.